The fraction of sp³-hybridized carbons (Fsp3) is 0.923. The zero-order valence-electron chi connectivity index (χ0n) is 9.88. The smallest absolute Gasteiger partial charge is 0.220 e. The second kappa shape index (κ2) is 5.90. The molecule has 1 N–H and O–H groups in total. The second-order valence-corrected chi connectivity index (χ2v) is 5.72. The van der Waals surface area contributed by atoms with Gasteiger partial charge in [0, 0.05) is 18.8 Å². The van der Waals surface area contributed by atoms with Crippen molar-refractivity contribution in [3.63, 3.8) is 0 Å². The average Bonchev–Trinajstić information content (AvgIpc) is 3.10. The molecule has 0 heterocycles. The molecule has 0 aromatic heterocycles. The molecule has 0 aliphatic heterocycles. The lowest BCUT2D eigenvalue weighted by Crippen LogP contribution is -2.34. The Morgan fingerprint density at radius 2 is 1.81 bits per heavy atom. The molecule has 0 bridgehead atoms. The Morgan fingerprint density at radius 1 is 1.12 bits per heavy atom. The highest BCUT2D eigenvalue weighted by atomic mass is 35.5. The van der Waals surface area contributed by atoms with Crippen LogP contribution in [-0.2, 0) is 4.79 Å². The van der Waals surface area contributed by atoms with E-state index in [1.54, 1.807) is 0 Å². The molecule has 2 atom stereocenters. The predicted octanol–water partition coefficient (Wildman–Crippen LogP) is 2.95. The van der Waals surface area contributed by atoms with Crippen LogP contribution in [0.5, 0.6) is 0 Å². The molecule has 92 valence electrons. The van der Waals surface area contributed by atoms with E-state index in [0.29, 0.717) is 17.8 Å². The van der Waals surface area contributed by atoms with E-state index < -0.39 is 0 Å². The summed E-state index contributed by atoms with van der Waals surface area (Å²) in [5.74, 6) is 2.94. The minimum atomic E-state index is 0.251. The third-order valence-corrected chi connectivity index (χ3v) is 4.39. The van der Waals surface area contributed by atoms with Gasteiger partial charge in [0.2, 0.25) is 5.91 Å². The van der Waals surface area contributed by atoms with Crippen molar-refractivity contribution in [1.29, 1.82) is 0 Å². The van der Waals surface area contributed by atoms with Crippen LogP contribution in [0.3, 0.4) is 0 Å². The molecule has 0 saturated heterocycles. The number of amides is 1. The Bertz CT molecular complexity index is 240. The molecule has 1 amide bonds. The zero-order chi connectivity index (χ0) is 11.4. The topological polar surface area (TPSA) is 29.1 Å². The number of hydrogen-bond acceptors (Lipinski definition) is 1. The van der Waals surface area contributed by atoms with Gasteiger partial charge in [-0.3, -0.25) is 4.79 Å². The van der Waals surface area contributed by atoms with Gasteiger partial charge in [0.1, 0.15) is 0 Å². The number of carbonyl (C=O) groups is 1. The van der Waals surface area contributed by atoms with Gasteiger partial charge in [0.05, 0.1) is 0 Å². The summed E-state index contributed by atoms with van der Waals surface area (Å²) in [4.78, 5) is 11.6. The quantitative estimate of drug-likeness (QED) is 0.740. The number of rotatable bonds is 5. The van der Waals surface area contributed by atoms with Crippen molar-refractivity contribution in [2.75, 3.05) is 12.4 Å². The summed E-state index contributed by atoms with van der Waals surface area (Å²) in [5.41, 5.74) is 0. The minimum Gasteiger partial charge on any atom is -0.356 e. The van der Waals surface area contributed by atoms with Crippen LogP contribution in [0.1, 0.15) is 44.9 Å². The molecular weight excluding hydrogens is 222 g/mol. The van der Waals surface area contributed by atoms with E-state index in [2.05, 4.69) is 5.32 Å². The first kappa shape index (κ1) is 12.2. The van der Waals surface area contributed by atoms with Gasteiger partial charge in [-0.2, -0.15) is 0 Å². The first-order valence-electron chi connectivity index (χ1n) is 6.62. The Balaban J connectivity index is 1.68. The molecule has 0 aromatic rings. The molecule has 2 rings (SSSR count). The summed E-state index contributed by atoms with van der Waals surface area (Å²) < 4.78 is 0. The summed E-state index contributed by atoms with van der Waals surface area (Å²) in [6.07, 6.45) is 8.34. The van der Waals surface area contributed by atoms with E-state index in [0.717, 1.165) is 18.8 Å². The highest BCUT2D eigenvalue weighted by Gasteiger charge is 2.27. The van der Waals surface area contributed by atoms with Gasteiger partial charge in [0.15, 0.2) is 0 Å². The molecule has 2 fully saturated rings. The van der Waals surface area contributed by atoms with Crippen molar-refractivity contribution in [2.24, 2.45) is 17.8 Å². The summed E-state index contributed by atoms with van der Waals surface area (Å²) >= 11 is 5.97. The van der Waals surface area contributed by atoms with Crippen LogP contribution in [0.25, 0.3) is 0 Å². The molecule has 2 aliphatic rings. The number of alkyl halides is 1. The van der Waals surface area contributed by atoms with E-state index in [1.165, 1.54) is 38.5 Å². The third kappa shape index (κ3) is 3.65. The molecular formula is C13H22ClNO. The molecule has 2 nitrogen and oxygen atoms in total. The van der Waals surface area contributed by atoms with E-state index in [-0.39, 0.29) is 5.91 Å². The van der Waals surface area contributed by atoms with Crippen molar-refractivity contribution in [3.8, 4) is 0 Å². The standard InChI is InChI=1S/C13H22ClNO/c14-8-11-3-1-2-4-12(11)9-15-13(16)7-10-5-6-10/h10-12H,1-9H2,(H,15,16). The fourth-order valence-corrected chi connectivity index (χ4v) is 3.06. The van der Waals surface area contributed by atoms with E-state index in [4.69, 9.17) is 11.6 Å². The SMILES string of the molecule is O=C(CC1CC1)NCC1CCCCC1CCl. The Morgan fingerprint density at radius 3 is 2.44 bits per heavy atom. The van der Waals surface area contributed by atoms with Crippen molar-refractivity contribution in [3.05, 3.63) is 0 Å². The predicted molar refractivity (Wildman–Crippen MR) is 66.5 cm³/mol. The van der Waals surface area contributed by atoms with Crippen LogP contribution in [0, 0.1) is 17.8 Å². The normalized spacial score (nSPS) is 30.1. The lowest BCUT2D eigenvalue weighted by Gasteiger charge is -2.30. The molecule has 3 heteroatoms. The molecule has 0 spiro atoms. The summed E-state index contributed by atoms with van der Waals surface area (Å²) in [6.45, 7) is 0.850. The molecule has 0 aromatic carbocycles. The number of nitrogens with one attached hydrogen (secondary N) is 1. The van der Waals surface area contributed by atoms with Crippen molar-refractivity contribution in [2.45, 2.75) is 44.9 Å². The van der Waals surface area contributed by atoms with E-state index in [9.17, 15) is 4.79 Å². The third-order valence-electron chi connectivity index (χ3n) is 4.00. The summed E-state index contributed by atoms with van der Waals surface area (Å²) in [7, 11) is 0. The van der Waals surface area contributed by atoms with Gasteiger partial charge in [-0.25, -0.2) is 0 Å². The maximum absolute atomic E-state index is 11.6. The first-order valence-corrected chi connectivity index (χ1v) is 7.15. The number of carbonyl (C=O) groups excluding carboxylic acids is 1. The van der Waals surface area contributed by atoms with Gasteiger partial charge < -0.3 is 5.32 Å². The molecule has 2 saturated carbocycles. The lowest BCUT2D eigenvalue weighted by atomic mass is 9.80. The van der Waals surface area contributed by atoms with Gasteiger partial charge in [-0.05, 0) is 43.4 Å². The van der Waals surface area contributed by atoms with Crippen molar-refractivity contribution < 1.29 is 4.79 Å². The van der Waals surface area contributed by atoms with Crippen LogP contribution in [0.4, 0.5) is 0 Å². The van der Waals surface area contributed by atoms with Gasteiger partial charge in [0.25, 0.3) is 0 Å². The molecule has 2 unspecified atom stereocenters. The lowest BCUT2D eigenvalue weighted by molar-refractivity contribution is -0.121. The Kier molecular flexibility index (Phi) is 4.51. The van der Waals surface area contributed by atoms with Crippen LogP contribution >= 0.6 is 11.6 Å². The molecule has 2 aliphatic carbocycles. The summed E-state index contributed by atoms with van der Waals surface area (Å²) in [6, 6.07) is 0. The number of hydrogen-bond donors (Lipinski definition) is 1. The highest BCUT2D eigenvalue weighted by molar-refractivity contribution is 6.18. The van der Waals surface area contributed by atoms with Crippen LogP contribution in [0.2, 0.25) is 0 Å². The summed E-state index contributed by atoms with van der Waals surface area (Å²) in [5, 5.41) is 3.09. The average molecular weight is 244 g/mol. The van der Waals surface area contributed by atoms with Crippen LogP contribution in [0.15, 0.2) is 0 Å². The minimum absolute atomic E-state index is 0.251. The van der Waals surface area contributed by atoms with Gasteiger partial charge in [-0.15, -0.1) is 11.6 Å². The largest absolute Gasteiger partial charge is 0.356 e. The Labute approximate surface area is 103 Å². The zero-order valence-corrected chi connectivity index (χ0v) is 10.6. The van der Waals surface area contributed by atoms with Crippen LogP contribution < -0.4 is 5.32 Å². The molecule has 16 heavy (non-hydrogen) atoms. The van der Waals surface area contributed by atoms with Gasteiger partial charge in [-0.1, -0.05) is 12.8 Å². The second-order valence-electron chi connectivity index (χ2n) is 5.41. The van der Waals surface area contributed by atoms with E-state index in [1.807, 2.05) is 0 Å². The van der Waals surface area contributed by atoms with Crippen LogP contribution in [-0.4, -0.2) is 18.3 Å². The highest BCUT2D eigenvalue weighted by Crippen LogP contribution is 2.33. The first-order chi connectivity index (χ1) is 7.79. The van der Waals surface area contributed by atoms with Gasteiger partial charge >= 0.3 is 0 Å². The maximum atomic E-state index is 11.6. The fourth-order valence-electron chi connectivity index (χ4n) is 2.66. The van der Waals surface area contributed by atoms with Crippen molar-refractivity contribution in [1.82, 2.24) is 5.32 Å². The van der Waals surface area contributed by atoms with Crippen molar-refractivity contribution >= 4 is 17.5 Å². The number of halogens is 1. The Hall–Kier alpha value is -0.240. The monoisotopic (exact) mass is 243 g/mol. The molecule has 0 radical (unpaired) electrons. The maximum Gasteiger partial charge on any atom is 0.220 e. The van der Waals surface area contributed by atoms with E-state index >= 15 is 0 Å².